The molecule has 1 atom stereocenters. The Labute approximate surface area is 160 Å². The lowest BCUT2D eigenvalue weighted by Gasteiger charge is -2.21. The van der Waals surface area contributed by atoms with E-state index in [1.165, 1.54) is 63.4 Å². The van der Waals surface area contributed by atoms with E-state index in [0.717, 1.165) is 25.2 Å². The van der Waals surface area contributed by atoms with Crippen molar-refractivity contribution in [3.8, 4) is 5.75 Å². The summed E-state index contributed by atoms with van der Waals surface area (Å²) in [6, 6.07) is 7.99. The van der Waals surface area contributed by atoms with Crippen molar-refractivity contribution in [1.82, 2.24) is 0 Å². The Kier molecular flexibility index (Phi) is 9.81. The molecule has 0 bridgehead atoms. The van der Waals surface area contributed by atoms with Crippen molar-refractivity contribution < 1.29 is 9.53 Å². The largest absolute Gasteiger partial charge is 0.427 e. The van der Waals surface area contributed by atoms with Crippen molar-refractivity contribution in [2.24, 2.45) is 5.92 Å². The Balaban J connectivity index is 1.53. The first kappa shape index (κ1) is 21.0. The molecular formula is C24H38O2. The van der Waals surface area contributed by atoms with Crippen LogP contribution in [-0.2, 0) is 4.79 Å². The fourth-order valence-electron chi connectivity index (χ4n) is 4.01. The molecule has 1 aromatic carbocycles. The van der Waals surface area contributed by atoms with Gasteiger partial charge < -0.3 is 4.74 Å². The van der Waals surface area contributed by atoms with Crippen molar-refractivity contribution >= 4 is 5.97 Å². The molecule has 2 heteroatoms. The van der Waals surface area contributed by atoms with Crippen LogP contribution >= 0.6 is 0 Å². The highest BCUT2D eigenvalue weighted by molar-refractivity contribution is 5.72. The summed E-state index contributed by atoms with van der Waals surface area (Å²) >= 11 is 0. The molecule has 0 saturated heterocycles. The fraction of sp³-hybridized carbons (Fsp3) is 0.708. The van der Waals surface area contributed by atoms with Crippen molar-refractivity contribution in [2.75, 3.05) is 0 Å². The Morgan fingerprint density at radius 2 is 1.81 bits per heavy atom. The SMILES string of the molecule is CCC(C)c1cccc(OC(=O)CCCCCCCC2CCCCC2)c1. The third kappa shape index (κ3) is 7.93. The average molecular weight is 359 g/mol. The van der Waals surface area contributed by atoms with Gasteiger partial charge in [-0.1, -0.05) is 90.2 Å². The van der Waals surface area contributed by atoms with Crippen molar-refractivity contribution in [3.63, 3.8) is 0 Å². The van der Waals surface area contributed by atoms with Crippen LogP contribution in [0.15, 0.2) is 24.3 Å². The highest BCUT2D eigenvalue weighted by Gasteiger charge is 2.12. The number of hydrogen-bond donors (Lipinski definition) is 0. The molecule has 0 N–H and O–H groups in total. The molecule has 1 fully saturated rings. The number of carbonyl (C=O) groups is 1. The van der Waals surface area contributed by atoms with E-state index in [0.29, 0.717) is 18.1 Å². The summed E-state index contributed by atoms with van der Waals surface area (Å²) in [4.78, 5) is 12.0. The number of benzene rings is 1. The van der Waals surface area contributed by atoms with E-state index in [1.807, 2.05) is 18.2 Å². The second kappa shape index (κ2) is 12.1. The number of rotatable bonds is 11. The summed E-state index contributed by atoms with van der Waals surface area (Å²) in [5.74, 6) is 2.11. The van der Waals surface area contributed by atoms with Crippen LogP contribution in [0, 0.1) is 5.92 Å². The Morgan fingerprint density at radius 3 is 2.58 bits per heavy atom. The van der Waals surface area contributed by atoms with E-state index in [-0.39, 0.29) is 5.97 Å². The van der Waals surface area contributed by atoms with Crippen molar-refractivity contribution in [1.29, 1.82) is 0 Å². The van der Waals surface area contributed by atoms with E-state index in [1.54, 1.807) is 0 Å². The van der Waals surface area contributed by atoms with E-state index in [9.17, 15) is 4.79 Å². The van der Waals surface area contributed by atoms with Gasteiger partial charge in [0, 0.05) is 6.42 Å². The zero-order chi connectivity index (χ0) is 18.6. The highest BCUT2D eigenvalue weighted by Crippen LogP contribution is 2.28. The number of esters is 1. The average Bonchev–Trinajstić information content (AvgIpc) is 2.67. The molecule has 0 aliphatic heterocycles. The molecule has 0 amide bonds. The van der Waals surface area contributed by atoms with Gasteiger partial charge in [-0.3, -0.25) is 4.79 Å². The standard InChI is InChI=1S/C24H38O2/c1-3-20(2)22-16-12-17-23(19-22)26-24(25)18-11-6-4-5-8-13-21-14-9-7-10-15-21/h12,16-17,19-21H,3-11,13-15,18H2,1-2H3. The topological polar surface area (TPSA) is 26.3 Å². The number of ether oxygens (including phenoxy) is 1. The Hall–Kier alpha value is -1.31. The molecular weight excluding hydrogens is 320 g/mol. The second-order valence-corrected chi connectivity index (χ2v) is 8.17. The molecule has 0 aromatic heterocycles. The summed E-state index contributed by atoms with van der Waals surface area (Å²) in [7, 11) is 0. The van der Waals surface area contributed by atoms with Gasteiger partial charge in [-0.2, -0.15) is 0 Å². The highest BCUT2D eigenvalue weighted by atomic mass is 16.5. The minimum atomic E-state index is -0.0893. The van der Waals surface area contributed by atoms with Gasteiger partial charge in [0.2, 0.25) is 0 Å². The lowest BCUT2D eigenvalue weighted by molar-refractivity contribution is -0.134. The predicted octanol–water partition coefficient (Wildman–Crippen LogP) is 7.42. The molecule has 2 nitrogen and oxygen atoms in total. The van der Waals surface area contributed by atoms with E-state index >= 15 is 0 Å². The van der Waals surface area contributed by atoms with Crippen LogP contribution in [0.3, 0.4) is 0 Å². The summed E-state index contributed by atoms with van der Waals surface area (Å²) in [5, 5.41) is 0. The van der Waals surface area contributed by atoms with E-state index < -0.39 is 0 Å². The summed E-state index contributed by atoms with van der Waals surface area (Å²) < 4.78 is 5.52. The van der Waals surface area contributed by atoms with Gasteiger partial charge in [0.05, 0.1) is 0 Å². The minimum Gasteiger partial charge on any atom is -0.427 e. The van der Waals surface area contributed by atoms with Gasteiger partial charge in [-0.15, -0.1) is 0 Å². The normalized spacial score (nSPS) is 16.4. The molecule has 1 unspecified atom stereocenters. The van der Waals surface area contributed by atoms with E-state index in [2.05, 4.69) is 19.9 Å². The van der Waals surface area contributed by atoms with Crippen LogP contribution in [0.2, 0.25) is 0 Å². The Morgan fingerprint density at radius 1 is 1.08 bits per heavy atom. The van der Waals surface area contributed by atoms with E-state index in [4.69, 9.17) is 4.74 Å². The van der Waals surface area contributed by atoms with Crippen LogP contribution in [0.25, 0.3) is 0 Å². The first-order chi connectivity index (χ1) is 12.7. The summed E-state index contributed by atoms with van der Waals surface area (Å²) in [6.07, 6.45) is 16.4. The smallest absolute Gasteiger partial charge is 0.311 e. The minimum absolute atomic E-state index is 0.0893. The first-order valence-electron chi connectivity index (χ1n) is 11.0. The molecule has 0 radical (unpaired) electrons. The predicted molar refractivity (Wildman–Crippen MR) is 110 cm³/mol. The summed E-state index contributed by atoms with van der Waals surface area (Å²) in [5.41, 5.74) is 1.25. The zero-order valence-corrected chi connectivity index (χ0v) is 17.0. The molecule has 0 heterocycles. The van der Waals surface area contributed by atoms with Gasteiger partial charge in [0.1, 0.15) is 5.75 Å². The molecule has 1 aliphatic rings. The van der Waals surface area contributed by atoms with Gasteiger partial charge >= 0.3 is 5.97 Å². The van der Waals surface area contributed by atoms with Crippen molar-refractivity contribution in [3.05, 3.63) is 29.8 Å². The van der Waals surface area contributed by atoms with Crippen LogP contribution in [0.5, 0.6) is 5.75 Å². The van der Waals surface area contributed by atoms with Crippen molar-refractivity contribution in [2.45, 2.75) is 103 Å². The molecule has 1 aromatic rings. The van der Waals surface area contributed by atoms with Gasteiger partial charge in [-0.05, 0) is 42.4 Å². The molecule has 26 heavy (non-hydrogen) atoms. The third-order valence-electron chi connectivity index (χ3n) is 5.99. The Bertz CT molecular complexity index is 517. The van der Waals surface area contributed by atoms with Gasteiger partial charge in [0.25, 0.3) is 0 Å². The number of unbranched alkanes of at least 4 members (excludes halogenated alkanes) is 4. The van der Waals surface area contributed by atoms with Gasteiger partial charge in [0.15, 0.2) is 0 Å². The maximum absolute atomic E-state index is 12.0. The second-order valence-electron chi connectivity index (χ2n) is 8.17. The molecule has 146 valence electrons. The first-order valence-corrected chi connectivity index (χ1v) is 11.0. The lowest BCUT2D eigenvalue weighted by Crippen LogP contribution is -2.08. The van der Waals surface area contributed by atoms with Crippen LogP contribution in [0.4, 0.5) is 0 Å². The monoisotopic (exact) mass is 358 g/mol. The maximum Gasteiger partial charge on any atom is 0.311 e. The quantitative estimate of drug-likeness (QED) is 0.234. The molecule has 0 spiro atoms. The fourth-order valence-corrected chi connectivity index (χ4v) is 4.01. The molecule has 1 aliphatic carbocycles. The maximum atomic E-state index is 12.0. The number of carbonyl (C=O) groups excluding carboxylic acids is 1. The van der Waals surface area contributed by atoms with Crippen LogP contribution in [0.1, 0.15) is 109 Å². The number of hydrogen-bond acceptors (Lipinski definition) is 2. The van der Waals surface area contributed by atoms with Crippen LogP contribution < -0.4 is 4.74 Å². The van der Waals surface area contributed by atoms with Gasteiger partial charge in [-0.25, -0.2) is 0 Å². The molecule has 2 rings (SSSR count). The summed E-state index contributed by atoms with van der Waals surface area (Å²) in [6.45, 7) is 4.38. The zero-order valence-electron chi connectivity index (χ0n) is 17.0. The lowest BCUT2D eigenvalue weighted by atomic mass is 9.85. The third-order valence-corrected chi connectivity index (χ3v) is 5.99. The molecule has 1 saturated carbocycles. The van der Waals surface area contributed by atoms with Crippen LogP contribution in [-0.4, -0.2) is 5.97 Å².